The predicted octanol–water partition coefficient (Wildman–Crippen LogP) is 2.47. The van der Waals surface area contributed by atoms with E-state index in [1.165, 1.54) is 23.7 Å². The van der Waals surface area contributed by atoms with Gasteiger partial charge < -0.3 is 10.2 Å². The van der Waals surface area contributed by atoms with Crippen LogP contribution in [0.1, 0.15) is 33.7 Å². The molecule has 126 valence electrons. The molecule has 0 unspecified atom stereocenters. The van der Waals surface area contributed by atoms with Gasteiger partial charge in [0.1, 0.15) is 5.69 Å². The van der Waals surface area contributed by atoms with Crippen molar-refractivity contribution in [1.29, 1.82) is 0 Å². The first-order chi connectivity index (χ1) is 11.6. The van der Waals surface area contributed by atoms with Crippen LogP contribution in [0.25, 0.3) is 0 Å². The fourth-order valence-electron chi connectivity index (χ4n) is 2.79. The molecule has 0 bridgehead atoms. The molecule has 8 heteroatoms. The summed E-state index contributed by atoms with van der Waals surface area (Å²) >= 11 is 7.39. The molecule has 1 N–H and O–H groups in total. The number of likely N-dealkylation sites (tertiary alicyclic amines) is 1. The summed E-state index contributed by atoms with van der Waals surface area (Å²) in [4.78, 5) is 34.3. The number of rotatable bonds is 4. The smallest absolute Gasteiger partial charge is 0.273 e. The number of hydrogen-bond acceptors (Lipinski definition) is 5. The van der Waals surface area contributed by atoms with Crippen molar-refractivity contribution in [2.45, 2.75) is 12.8 Å². The number of amides is 2. The Balaban J connectivity index is 1.55. The van der Waals surface area contributed by atoms with E-state index in [9.17, 15) is 9.59 Å². The molecule has 0 radical (unpaired) electrons. The third-order valence-corrected chi connectivity index (χ3v) is 4.91. The number of aromatic nitrogens is 2. The van der Waals surface area contributed by atoms with Gasteiger partial charge in [-0.1, -0.05) is 11.6 Å². The molecule has 0 spiro atoms. The maximum absolute atomic E-state index is 12.4. The Labute approximate surface area is 148 Å². The minimum Gasteiger partial charge on any atom is -0.352 e. The average Bonchev–Trinajstić information content (AvgIpc) is 3.14. The van der Waals surface area contributed by atoms with E-state index < -0.39 is 0 Å². The van der Waals surface area contributed by atoms with Gasteiger partial charge in [-0.25, -0.2) is 4.98 Å². The van der Waals surface area contributed by atoms with E-state index in [-0.39, 0.29) is 17.7 Å². The normalized spacial score (nSPS) is 17.5. The van der Waals surface area contributed by atoms with Gasteiger partial charge in [-0.2, -0.15) is 0 Å². The summed E-state index contributed by atoms with van der Waals surface area (Å²) in [7, 11) is 0. The fourth-order valence-corrected chi connectivity index (χ4v) is 3.52. The molecule has 3 rings (SSSR count). The lowest BCUT2D eigenvalue weighted by Gasteiger charge is -2.32. The van der Waals surface area contributed by atoms with Crippen molar-refractivity contribution >= 4 is 34.8 Å². The number of thiazole rings is 1. The highest BCUT2D eigenvalue weighted by Crippen LogP contribution is 2.19. The third-order valence-electron chi connectivity index (χ3n) is 4.03. The predicted molar refractivity (Wildman–Crippen MR) is 92.3 cm³/mol. The van der Waals surface area contributed by atoms with Gasteiger partial charge in [-0.15, -0.1) is 11.3 Å². The van der Waals surface area contributed by atoms with E-state index in [1.807, 2.05) is 4.90 Å². The van der Waals surface area contributed by atoms with Crippen LogP contribution in [-0.4, -0.2) is 46.3 Å². The number of halogens is 1. The standard InChI is InChI=1S/C16H17ClN4O2S/c17-13-7-18-4-3-12(13)15(22)19-6-11-2-1-5-21(8-11)16(23)14-9-24-10-20-14/h3-4,7,9-11H,1-2,5-6,8H2,(H,19,22)/t11-/m1/s1. The number of carbonyl (C=O) groups is 2. The molecule has 2 aromatic heterocycles. The van der Waals surface area contributed by atoms with Crippen molar-refractivity contribution in [2.24, 2.45) is 5.92 Å². The molecule has 1 aliphatic heterocycles. The van der Waals surface area contributed by atoms with Crippen LogP contribution < -0.4 is 5.32 Å². The molecule has 1 aliphatic rings. The Morgan fingerprint density at radius 2 is 2.33 bits per heavy atom. The maximum Gasteiger partial charge on any atom is 0.273 e. The summed E-state index contributed by atoms with van der Waals surface area (Å²) in [5.41, 5.74) is 2.57. The molecular formula is C16H17ClN4O2S. The van der Waals surface area contributed by atoms with Gasteiger partial charge in [0.2, 0.25) is 0 Å². The third kappa shape index (κ3) is 3.91. The molecule has 1 saturated heterocycles. The second-order valence-corrected chi connectivity index (χ2v) is 6.82. The second-order valence-electron chi connectivity index (χ2n) is 5.70. The van der Waals surface area contributed by atoms with Gasteiger partial charge in [0, 0.05) is 37.4 Å². The average molecular weight is 365 g/mol. The van der Waals surface area contributed by atoms with Crippen molar-refractivity contribution in [3.8, 4) is 0 Å². The Hall–Kier alpha value is -1.99. The zero-order valence-electron chi connectivity index (χ0n) is 12.9. The van der Waals surface area contributed by atoms with E-state index in [4.69, 9.17) is 11.6 Å². The zero-order valence-corrected chi connectivity index (χ0v) is 14.5. The van der Waals surface area contributed by atoms with Crippen molar-refractivity contribution in [2.75, 3.05) is 19.6 Å². The van der Waals surface area contributed by atoms with Crippen LogP contribution in [0.3, 0.4) is 0 Å². The van der Waals surface area contributed by atoms with E-state index >= 15 is 0 Å². The van der Waals surface area contributed by atoms with Gasteiger partial charge in [0.15, 0.2) is 0 Å². The van der Waals surface area contributed by atoms with Gasteiger partial charge in [0.25, 0.3) is 11.8 Å². The molecule has 24 heavy (non-hydrogen) atoms. The van der Waals surface area contributed by atoms with E-state index in [0.717, 1.165) is 19.4 Å². The summed E-state index contributed by atoms with van der Waals surface area (Å²) in [6.07, 6.45) is 4.89. The molecule has 2 aromatic rings. The van der Waals surface area contributed by atoms with Crippen molar-refractivity contribution in [3.05, 3.63) is 45.6 Å². The van der Waals surface area contributed by atoms with Crippen LogP contribution in [0, 0.1) is 5.92 Å². The lowest BCUT2D eigenvalue weighted by atomic mass is 9.97. The summed E-state index contributed by atoms with van der Waals surface area (Å²) in [6, 6.07) is 1.59. The summed E-state index contributed by atoms with van der Waals surface area (Å²) in [6.45, 7) is 1.87. The van der Waals surface area contributed by atoms with Crippen LogP contribution in [0.4, 0.5) is 0 Å². The van der Waals surface area contributed by atoms with Crippen LogP contribution in [0.5, 0.6) is 0 Å². The molecule has 0 saturated carbocycles. The molecule has 1 atom stereocenters. The Bertz CT molecular complexity index is 723. The Morgan fingerprint density at radius 3 is 3.08 bits per heavy atom. The first kappa shape index (κ1) is 16.9. The van der Waals surface area contributed by atoms with Gasteiger partial charge >= 0.3 is 0 Å². The Kier molecular flexibility index (Phi) is 5.42. The van der Waals surface area contributed by atoms with Crippen LogP contribution in [0.15, 0.2) is 29.4 Å². The number of hydrogen-bond donors (Lipinski definition) is 1. The van der Waals surface area contributed by atoms with Crippen LogP contribution in [0.2, 0.25) is 5.02 Å². The molecule has 3 heterocycles. The molecule has 1 fully saturated rings. The van der Waals surface area contributed by atoms with Crippen molar-refractivity contribution < 1.29 is 9.59 Å². The quantitative estimate of drug-likeness (QED) is 0.904. The number of carbonyl (C=O) groups excluding carboxylic acids is 2. The molecule has 0 aromatic carbocycles. The van der Waals surface area contributed by atoms with Gasteiger partial charge in [-0.3, -0.25) is 14.6 Å². The van der Waals surface area contributed by atoms with Gasteiger partial charge in [-0.05, 0) is 24.8 Å². The number of nitrogens with one attached hydrogen (secondary N) is 1. The van der Waals surface area contributed by atoms with E-state index in [2.05, 4.69) is 15.3 Å². The highest BCUT2D eigenvalue weighted by molar-refractivity contribution is 7.07. The summed E-state index contributed by atoms with van der Waals surface area (Å²) in [5.74, 6) is -0.0271. The Morgan fingerprint density at radius 1 is 1.46 bits per heavy atom. The molecular weight excluding hydrogens is 348 g/mol. The van der Waals surface area contributed by atoms with Gasteiger partial charge in [0.05, 0.1) is 16.1 Å². The lowest BCUT2D eigenvalue weighted by molar-refractivity contribution is 0.0666. The molecule has 2 amide bonds. The number of nitrogens with zero attached hydrogens (tertiary/aromatic N) is 3. The largest absolute Gasteiger partial charge is 0.352 e. The first-order valence-electron chi connectivity index (χ1n) is 7.70. The van der Waals surface area contributed by atoms with E-state index in [1.54, 1.807) is 17.0 Å². The minimum atomic E-state index is -0.217. The summed E-state index contributed by atoms with van der Waals surface area (Å²) in [5, 5.41) is 5.00. The minimum absolute atomic E-state index is 0.0375. The van der Waals surface area contributed by atoms with Crippen LogP contribution >= 0.6 is 22.9 Å². The highest BCUT2D eigenvalue weighted by atomic mass is 35.5. The topological polar surface area (TPSA) is 75.2 Å². The highest BCUT2D eigenvalue weighted by Gasteiger charge is 2.25. The van der Waals surface area contributed by atoms with E-state index in [0.29, 0.717) is 29.4 Å². The monoisotopic (exact) mass is 364 g/mol. The summed E-state index contributed by atoms with van der Waals surface area (Å²) < 4.78 is 0. The van der Waals surface area contributed by atoms with Crippen LogP contribution in [-0.2, 0) is 0 Å². The molecule has 6 nitrogen and oxygen atoms in total. The lowest BCUT2D eigenvalue weighted by Crippen LogP contribution is -2.43. The number of piperidine rings is 1. The first-order valence-corrected chi connectivity index (χ1v) is 9.02. The zero-order chi connectivity index (χ0) is 16.9. The fraction of sp³-hybridized carbons (Fsp3) is 0.375. The second kappa shape index (κ2) is 7.72. The van der Waals surface area contributed by atoms with Crippen molar-refractivity contribution in [3.63, 3.8) is 0 Å². The maximum atomic E-state index is 12.4. The van der Waals surface area contributed by atoms with Crippen molar-refractivity contribution in [1.82, 2.24) is 20.2 Å². The number of pyridine rings is 1. The SMILES string of the molecule is O=C(NC[C@H]1CCCN(C(=O)c2cscn2)C1)c1ccncc1Cl. The molecule has 0 aliphatic carbocycles.